The van der Waals surface area contributed by atoms with Crippen LogP contribution in [0.15, 0.2) is 188 Å². The molecule has 4 aliphatic rings. The van der Waals surface area contributed by atoms with Crippen LogP contribution in [-0.2, 0) is 0 Å². The van der Waals surface area contributed by atoms with Crippen molar-refractivity contribution in [1.29, 1.82) is 0 Å². The summed E-state index contributed by atoms with van der Waals surface area (Å²) in [5.41, 5.74) is 20.7. The molecule has 0 N–H and O–H groups in total. The maximum absolute atomic E-state index is 7.11. The third kappa shape index (κ3) is 4.19. The van der Waals surface area contributed by atoms with E-state index in [0.717, 1.165) is 123 Å². The van der Waals surface area contributed by atoms with Crippen LogP contribution in [0, 0.1) is 0 Å². The van der Waals surface area contributed by atoms with Gasteiger partial charge in [-0.2, -0.15) is 0 Å². The summed E-state index contributed by atoms with van der Waals surface area (Å²) in [6, 6.07) is 67.2. The lowest BCUT2D eigenvalue weighted by molar-refractivity contribution is 0.487. The SMILES string of the molecule is c1ccc2c(c1)Oc1cc(-n3c4ccccc4n4c5ccccc5nc34)cc3c1B2c1cccc2c1N3c1cc(-n3c4ccccc4n4c5ccccc5nc34)cc3c1B2c1ccccc1O3. The highest BCUT2D eigenvalue weighted by molar-refractivity contribution is 7.03. The van der Waals surface area contributed by atoms with Crippen molar-refractivity contribution in [2.24, 2.45) is 0 Å². The molecular formula is C56H31B2N7O2. The van der Waals surface area contributed by atoms with Crippen LogP contribution in [-0.4, -0.2) is 41.3 Å². The zero-order valence-electron chi connectivity index (χ0n) is 35.5. The van der Waals surface area contributed by atoms with Crippen LogP contribution in [0.3, 0.4) is 0 Å². The van der Waals surface area contributed by atoms with Gasteiger partial charge >= 0.3 is 0 Å². The van der Waals surface area contributed by atoms with Gasteiger partial charge in [0, 0.05) is 29.2 Å². The molecular weight excluding hydrogens is 824 g/mol. The van der Waals surface area contributed by atoms with Crippen LogP contribution >= 0.6 is 0 Å². The van der Waals surface area contributed by atoms with Crippen LogP contribution in [0.2, 0.25) is 0 Å². The Balaban J connectivity index is 1.01. The van der Waals surface area contributed by atoms with E-state index in [-0.39, 0.29) is 13.4 Å². The van der Waals surface area contributed by atoms with Crippen molar-refractivity contribution >= 4 is 119 Å². The number of anilines is 3. The van der Waals surface area contributed by atoms with Gasteiger partial charge in [-0.25, -0.2) is 9.97 Å². The Morgan fingerprint density at radius 2 is 0.761 bits per heavy atom. The van der Waals surface area contributed by atoms with Gasteiger partial charge in [-0.3, -0.25) is 17.9 Å². The number of hydrogen-bond acceptors (Lipinski definition) is 5. The van der Waals surface area contributed by atoms with Gasteiger partial charge in [-0.15, -0.1) is 0 Å². The van der Waals surface area contributed by atoms with E-state index >= 15 is 0 Å². The molecule has 8 heterocycles. The molecule has 0 saturated heterocycles. The molecule has 13 aromatic rings. The van der Waals surface area contributed by atoms with Crippen molar-refractivity contribution in [2.75, 3.05) is 4.90 Å². The van der Waals surface area contributed by atoms with Crippen LogP contribution in [0.4, 0.5) is 17.1 Å². The lowest BCUT2D eigenvalue weighted by Gasteiger charge is -2.46. The summed E-state index contributed by atoms with van der Waals surface area (Å²) in [6.07, 6.45) is 0. The van der Waals surface area contributed by atoms with Gasteiger partial charge in [0.1, 0.15) is 23.0 Å². The number of nitrogens with zero attached hydrogens (tertiary/aromatic N) is 7. The summed E-state index contributed by atoms with van der Waals surface area (Å²) in [5, 5.41) is 0. The monoisotopic (exact) mass is 855 g/mol. The van der Waals surface area contributed by atoms with Crippen molar-refractivity contribution in [2.45, 2.75) is 0 Å². The topological polar surface area (TPSA) is 66.2 Å². The molecule has 9 nitrogen and oxygen atoms in total. The van der Waals surface area contributed by atoms with Gasteiger partial charge < -0.3 is 14.4 Å². The zero-order valence-corrected chi connectivity index (χ0v) is 35.5. The first kappa shape index (κ1) is 34.5. The van der Waals surface area contributed by atoms with E-state index in [9.17, 15) is 0 Å². The molecule has 0 fully saturated rings. The van der Waals surface area contributed by atoms with Crippen molar-refractivity contribution in [3.8, 4) is 34.4 Å². The summed E-state index contributed by atoms with van der Waals surface area (Å²) in [7, 11) is 0. The van der Waals surface area contributed by atoms with Gasteiger partial charge in [-0.05, 0) is 106 Å². The highest BCUT2D eigenvalue weighted by Crippen LogP contribution is 2.47. The summed E-state index contributed by atoms with van der Waals surface area (Å²) in [5.74, 6) is 5.09. The second-order valence-corrected chi connectivity index (χ2v) is 18.1. The first-order chi connectivity index (χ1) is 33.2. The fourth-order valence-electron chi connectivity index (χ4n) is 12.3. The van der Waals surface area contributed by atoms with Gasteiger partial charge in [0.2, 0.25) is 11.6 Å². The molecule has 11 heteroatoms. The molecule has 9 aromatic carbocycles. The lowest BCUT2D eigenvalue weighted by atomic mass is 9.29. The van der Waals surface area contributed by atoms with Gasteiger partial charge in [0.15, 0.2) is 0 Å². The third-order valence-electron chi connectivity index (χ3n) is 14.8. The van der Waals surface area contributed by atoms with E-state index < -0.39 is 0 Å². The maximum Gasteiger partial charge on any atom is 0.256 e. The maximum atomic E-state index is 7.11. The molecule has 67 heavy (non-hydrogen) atoms. The largest absolute Gasteiger partial charge is 0.458 e. The minimum atomic E-state index is -0.0738. The molecule has 0 bridgehead atoms. The molecule has 0 unspecified atom stereocenters. The molecule has 308 valence electrons. The second kappa shape index (κ2) is 12.0. The highest BCUT2D eigenvalue weighted by Gasteiger charge is 2.49. The van der Waals surface area contributed by atoms with E-state index in [1.165, 1.54) is 16.6 Å². The second-order valence-electron chi connectivity index (χ2n) is 18.1. The average molecular weight is 856 g/mol. The standard InChI is InChI=1S/C56H31B2N7O2/c1-11-26-48-34(14-1)57-36-16-13-17-37-54(36)63(46-28-32(30-50(66-48)52(46)57)61-42-22-7-9-24-44(42)64-40-20-5-3-18-38(40)59-55(61)64)47-29-33(31-51-53(47)58(37)35-15-2-12-27-49(35)67-51)62-43-23-8-10-25-45(43)65-41-21-6-4-19-39(41)60-56(62)65/h1-31H. The smallest absolute Gasteiger partial charge is 0.256 e. The van der Waals surface area contributed by atoms with Crippen molar-refractivity contribution in [3.63, 3.8) is 0 Å². The fraction of sp³-hybridized carbons (Fsp3) is 0. The molecule has 0 amide bonds. The molecule has 17 rings (SSSR count). The molecule has 0 atom stereocenters. The van der Waals surface area contributed by atoms with Crippen molar-refractivity contribution in [1.82, 2.24) is 27.9 Å². The van der Waals surface area contributed by atoms with Gasteiger partial charge in [0.25, 0.3) is 13.4 Å². The van der Waals surface area contributed by atoms with E-state index in [1.807, 2.05) is 0 Å². The predicted octanol–water partition coefficient (Wildman–Crippen LogP) is 8.52. The van der Waals surface area contributed by atoms with Crippen LogP contribution < -0.4 is 47.2 Å². The molecule has 4 aliphatic heterocycles. The molecule has 0 spiro atoms. The van der Waals surface area contributed by atoms with E-state index in [0.29, 0.717) is 0 Å². The minimum absolute atomic E-state index is 0.0738. The van der Waals surface area contributed by atoms with E-state index in [4.69, 9.17) is 19.4 Å². The zero-order chi connectivity index (χ0) is 43.2. The first-order valence-corrected chi connectivity index (χ1v) is 22.8. The predicted molar refractivity (Wildman–Crippen MR) is 270 cm³/mol. The number of fused-ring (bicyclic) bond motifs is 18. The number of aromatic nitrogens is 6. The molecule has 4 aromatic heterocycles. The number of rotatable bonds is 2. The van der Waals surface area contributed by atoms with Gasteiger partial charge in [-0.1, -0.05) is 103 Å². The quantitative estimate of drug-likeness (QED) is 0.163. The number of para-hydroxylation sites is 11. The molecule has 0 aliphatic carbocycles. The minimum Gasteiger partial charge on any atom is -0.458 e. The Bertz CT molecular complexity index is 4130. The average Bonchev–Trinajstić information content (AvgIpc) is 4.12. The Hall–Kier alpha value is -8.95. The Labute approximate surface area is 382 Å². The van der Waals surface area contributed by atoms with E-state index in [1.54, 1.807) is 0 Å². The van der Waals surface area contributed by atoms with Crippen LogP contribution in [0.1, 0.15) is 0 Å². The normalized spacial score (nSPS) is 13.8. The summed E-state index contributed by atoms with van der Waals surface area (Å²) >= 11 is 0. The summed E-state index contributed by atoms with van der Waals surface area (Å²) < 4.78 is 23.4. The highest BCUT2D eigenvalue weighted by atomic mass is 16.5. The number of benzene rings is 9. The van der Waals surface area contributed by atoms with Crippen LogP contribution in [0.5, 0.6) is 23.0 Å². The number of imidazole rings is 4. The summed E-state index contributed by atoms with van der Waals surface area (Å²) in [4.78, 5) is 13.1. The van der Waals surface area contributed by atoms with Crippen molar-refractivity contribution < 1.29 is 9.47 Å². The summed E-state index contributed by atoms with van der Waals surface area (Å²) in [6.45, 7) is -0.148. The number of hydrogen-bond donors (Lipinski definition) is 0. The molecule has 0 saturated carbocycles. The lowest BCUT2D eigenvalue weighted by Crippen LogP contribution is -2.66. The van der Waals surface area contributed by atoms with E-state index in [2.05, 4.69) is 211 Å². The first-order valence-electron chi connectivity index (χ1n) is 22.8. The van der Waals surface area contributed by atoms with Crippen LogP contribution in [0.25, 0.3) is 67.1 Å². The number of ether oxygens (including phenoxy) is 2. The third-order valence-corrected chi connectivity index (χ3v) is 14.8. The Morgan fingerprint density at radius 3 is 1.25 bits per heavy atom. The Kier molecular flexibility index (Phi) is 6.19. The van der Waals surface area contributed by atoms with Gasteiger partial charge in [0.05, 0.1) is 55.5 Å². The van der Waals surface area contributed by atoms with Crippen molar-refractivity contribution in [3.05, 3.63) is 188 Å². The fourth-order valence-corrected chi connectivity index (χ4v) is 12.3. The molecule has 0 radical (unpaired) electrons. The Morgan fingerprint density at radius 1 is 0.358 bits per heavy atom.